The molecule has 0 saturated carbocycles. The number of anilines is 1. The third-order valence-corrected chi connectivity index (χ3v) is 4.84. The first-order valence-corrected chi connectivity index (χ1v) is 9.23. The second-order valence-electron chi connectivity index (χ2n) is 5.38. The van der Waals surface area contributed by atoms with Crippen molar-refractivity contribution in [2.75, 3.05) is 11.1 Å². The summed E-state index contributed by atoms with van der Waals surface area (Å²) in [6.07, 6.45) is 0. The van der Waals surface area contributed by atoms with Crippen LogP contribution in [0.3, 0.4) is 0 Å². The molecule has 0 aliphatic carbocycles. The highest BCUT2D eigenvalue weighted by atomic mass is 35.5. The van der Waals surface area contributed by atoms with Gasteiger partial charge in [-0.2, -0.15) is 0 Å². The predicted molar refractivity (Wildman–Crippen MR) is 103 cm³/mol. The van der Waals surface area contributed by atoms with E-state index in [0.717, 1.165) is 5.69 Å². The van der Waals surface area contributed by atoms with Crippen LogP contribution in [-0.2, 0) is 18.4 Å². The fraction of sp³-hybridized carbons (Fsp3) is 0.167. The SMILES string of the molecule is Cn1c(COc2ccccc2Cl)nnc1SCC(=O)Nc1ccccc1. The number of aromatic nitrogens is 3. The highest BCUT2D eigenvalue weighted by molar-refractivity contribution is 7.99. The number of thioether (sulfide) groups is 1. The number of carbonyl (C=O) groups excluding carboxylic acids is 1. The number of hydrogen-bond acceptors (Lipinski definition) is 5. The van der Waals surface area contributed by atoms with Crippen molar-refractivity contribution in [1.29, 1.82) is 0 Å². The second-order valence-corrected chi connectivity index (χ2v) is 6.73. The van der Waals surface area contributed by atoms with Crippen LogP contribution in [-0.4, -0.2) is 26.4 Å². The maximum absolute atomic E-state index is 12.0. The number of amides is 1. The van der Waals surface area contributed by atoms with Crippen molar-refractivity contribution in [3.8, 4) is 5.75 Å². The number of ether oxygens (including phenoxy) is 1. The maximum atomic E-state index is 12.0. The summed E-state index contributed by atoms with van der Waals surface area (Å²) in [6, 6.07) is 16.6. The Labute approximate surface area is 160 Å². The van der Waals surface area contributed by atoms with Gasteiger partial charge >= 0.3 is 0 Å². The molecule has 0 radical (unpaired) electrons. The average molecular weight is 389 g/mol. The van der Waals surface area contributed by atoms with Gasteiger partial charge in [-0.3, -0.25) is 4.79 Å². The number of para-hydroxylation sites is 2. The summed E-state index contributed by atoms with van der Waals surface area (Å²) in [5.74, 6) is 1.38. The third kappa shape index (κ3) is 4.77. The molecule has 1 heterocycles. The van der Waals surface area contributed by atoms with Crippen LogP contribution in [0.1, 0.15) is 5.82 Å². The molecule has 0 aliphatic rings. The molecule has 134 valence electrons. The summed E-state index contributed by atoms with van der Waals surface area (Å²) in [6.45, 7) is 0.240. The van der Waals surface area contributed by atoms with Crippen molar-refractivity contribution in [3.63, 3.8) is 0 Å². The number of carbonyl (C=O) groups is 1. The molecule has 0 saturated heterocycles. The lowest BCUT2D eigenvalue weighted by molar-refractivity contribution is -0.113. The van der Waals surface area contributed by atoms with Crippen molar-refractivity contribution >= 4 is 35.0 Å². The molecule has 26 heavy (non-hydrogen) atoms. The van der Waals surface area contributed by atoms with Gasteiger partial charge in [0.25, 0.3) is 0 Å². The van der Waals surface area contributed by atoms with Crippen LogP contribution in [0.4, 0.5) is 5.69 Å². The first-order chi connectivity index (χ1) is 12.6. The van der Waals surface area contributed by atoms with Crippen molar-refractivity contribution in [1.82, 2.24) is 14.8 Å². The molecule has 0 fully saturated rings. The smallest absolute Gasteiger partial charge is 0.234 e. The summed E-state index contributed by atoms with van der Waals surface area (Å²) >= 11 is 7.39. The first-order valence-electron chi connectivity index (χ1n) is 7.87. The van der Waals surface area contributed by atoms with Gasteiger partial charge in [-0.25, -0.2) is 0 Å². The molecular weight excluding hydrogens is 372 g/mol. The highest BCUT2D eigenvalue weighted by Gasteiger charge is 2.12. The monoisotopic (exact) mass is 388 g/mol. The molecule has 2 aromatic carbocycles. The fourth-order valence-electron chi connectivity index (χ4n) is 2.15. The molecule has 0 spiro atoms. The molecule has 1 N–H and O–H groups in total. The minimum absolute atomic E-state index is 0.0990. The zero-order chi connectivity index (χ0) is 18.4. The zero-order valence-electron chi connectivity index (χ0n) is 14.1. The number of benzene rings is 2. The molecule has 3 aromatic rings. The van der Waals surface area contributed by atoms with Gasteiger partial charge in [0.1, 0.15) is 12.4 Å². The molecule has 3 rings (SSSR count). The van der Waals surface area contributed by atoms with Crippen LogP contribution >= 0.6 is 23.4 Å². The van der Waals surface area contributed by atoms with Crippen molar-refractivity contribution in [2.45, 2.75) is 11.8 Å². The molecule has 6 nitrogen and oxygen atoms in total. The molecule has 0 aliphatic heterocycles. The van der Waals surface area contributed by atoms with Gasteiger partial charge in [-0.15, -0.1) is 10.2 Å². The molecule has 0 atom stereocenters. The van der Waals surface area contributed by atoms with Crippen molar-refractivity contribution in [3.05, 3.63) is 65.4 Å². The van der Waals surface area contributed by atoms with Crippen molar-refractivity contribution < 1.29 is 9.53 Å². The minimum Gasteiger partial charge on any atom is -0.484 e. The number of nitrogens with one attached hydrogen (secondary N) is 1. The fourth-order valence-corrected chi connectivity index (χ4v) is 3.07. The maximum Gasteiger partial charge on any atom is 0.234 e. The topological polar surface area (TPSA) is 69.0 Å². The lowest BCUT2D eigenvalue weighted by Gasteiger charge is -2.08. The van der Waals surface area contributed by atoms with E-state index in [2.05, 4.69) is 15.5 Å². The molecule has 0 bridgehead atoms. The van der Waals surface area contributed by atoms with Gasteiger partial charge in [0.05, 0.1) is 10.8 Å². The van der Waals surface area contributed by atoms with E-state index in [1.165, 1.54) is 11.8 Å². The Balaban J connectivity index is 1.53. The Morgan fingerprint density at radius 2 is 1.88 bits per heavy atom. The van der Waals surface area contributed by atoms with Gasteiger partial charge in [-0.05, 0) is 24.3 Å². The van der Waals surface area contributed by atoms with Crippen LogP contribution in [0.2, 0.25) is 5.02 Å². The molecular formula is C18H17ClN4O2S. The Morgan fingerprint density at radius 3 is 2.65 bits per heavy atom. The molecule has 1 aromatic heterocycles. The Hall–Kier alpha value is -2.51. The largest absolute Gasteiger partial charge is 0.484 e. The average Bonchev–Trinajstić information content (AvgIpc) is 3.00. The van der Waals surface area contributed by atoms with E-state index in [4.69, 9.17) is 16.3 Å². The molecule has 1 amide bonds. The standard InChI is InChI=1S/C18H17ClN4O2S/c1-23-16(11-25-15-10-6-5-9-14(15)19)21-22-18(23)26-12-17(24)20-13-7-3-2-4-8-13/h2-10H,11-12H2,1H3,(H,20,24). The lowest BCUT2D eigenvalue weighted by Crippen LogP contribution is -2.14. The number of nitrogens with zero attached hydrogens (tertiary/aromatic N) is 3. The van der Waals surface area contributed by atoms with Gasteiger partial charge in [-0.1, -0.05) is 53.7 Å². The first kappa shape index (κ1) is 18.3. The lowest BCUT2D eigenvalue weighted by atomic mass is 10.3. The Kier molecular flexibility index (Phi) is 6.14. The van der Waals surface area contributed by atoms with E-state index in [1.807, 2.05) is 49.5 Å². The second kappa shape index (κ2) is 8.73. The van der Waals surface area contributed by atoms with Crippen molar-refractivity contribution in [2.24, 2.45) is 7.05 Å². The zero-order valence-corrected chi connectivity index (χ0v) is 15.6. The van der Waals surface area contributed by atoms with E-state index in [1.54, 1.807) is 16.7 Å². The van der Waals surface area contributed by atoms with Crippen LogP contribution in [0.25, 0.3) is 0 Å². The highest BCUT2D eigenvalue weighted by Crippen LogP contribution is 2.24. The quantitative estimate of drug-likeness (QED) is 0.624. The van der Waals surface area contributed by atoms with Crippen LogP contribution < -0.4 is 10.1 Å². The number of rotatable bonds is 7. The van der Waals surface area contributed by atoms with E-state index in [-0.39, 0.29) is 18.3 Å². The molecule has 8 heteroatoms. The van der Waals surface area contributed by atoms with Gasteiger partial charge in [0.2, 0.25) is 5.91 Å². The summed E-state index contributed by atoms with van der Waals surface area (Å²) in [7, 11) is 1.84. The van der Waals surface area contributed by atoms with Gasteiger partial charge in [0.15, 0.2) is 11.0 Å². The number of hydrogen-bond donors (Lipinski definition) is 1. The normalized spacial score (nSPS) is 10.5. The summed E-state index contributed by atoms with van der Waals surface area (Å²) in [5, 5.41) is 12.2. The number of halogens is 1. The van der Waals surface area contributed by atoms with Gasteiger partial charge < -0.3 is 14.6 Å². The van der Waals surface area contributed by atoms with Crippen LogP contribution in [0, 0.1) is 0 Å². The van der Waals surface area contributed by atoms with Crippen LogP contribution in [0.5, 0.6) is 5.75 Å². The van der Waals surface area contributed by atoms with Gasteiger partial charge in [0, 0.05) is 12.7 Å². The Bertz CT molecular complexity index is 886. The van der Waals surface area contributed by atoms with E-state index >= 15 is 0 Å². The minimum atomic E-state index is -0.0990. The molecule has 0 unspecified atom stereocenters. The summed E-state index contributed by atoms with van der Waals surface area (Å²) < 4.78 is 7.48. The summed E-state index contributed by atoms with van der Waals surface area (Å²) in [5.41, 5.74) is 0.768. The predicted octanol–water partition coefficient (Wildman–Crippen LogP) is 3.78. The summed E-state index contributed by atoms with van der Waals surface area (Å²) in [4.78, 5) is 12.0. The third-order valence-electron chi connectivity index (χ3n) is 3.51. The van der Waals surface area contributed by atoms with Crippen LogP contribution in [0.15, 0.2) is 59.8 Å². The Morgan fingerprint density at radius 1 is 1.15 bits per heavy atom. The van der Waals surface area contributed by atoms with E-state index < -0.39 is 0 Å². The van der Waals surface area contributed by atoms with E-state index in [9.17, 15) is 4.79 Å². The van der Waals surface area contributed by atoms with E-state index in [0.29, 0.717) is 21.8 Å².